The Bertz CT molecular complexity index is 1620. The van der Waals surface area contributed by atoms with Crippen molar-refractivity contribution in [3.63, 3.8) is 0 Å². The van der Waals surface area contributed by atoms with Crippen molar-refractivity contribution >= 4 is 30.4 Å². The first kappa shape index (κ1) is 32.7. The normalized spacial score (nSPS) is 15.5. The fraction of sp³-hybridized carbons (Fsp3) is 0.258. The molecule has 0 saturated heterocycles. The van der Waals surface area contributed by atoms with Crippen LogP contribution in [-0.4, -0.2) is 54.1 Å². The van der Waals surface area contributed by atoms with Crippen molar-refractivity contribution in [2.24, 2.45) is 5.73 Å². The highest BCUT2D eigenvalue weighted by molar-refractivity contribution is 7.52. The van der Waals surface area contributed by atoms with E-state index in [0.29, 0.717) is 5.39 Å². The predicted octanol–water partition coefficient (Wildman–Crippen LogP) is 3.02. The van der Waals surface area contributed by atoms with E-state index in [2.05, 4.69) is 5.09 Å². The second kappa shape index (κ2) is 15.0. The van der Waals surface area contributed by atoms with Crippen LogP contribution in [0.5, 0.6) is 5.75 Å². The van der Waals surface area contributed by atoms with Gasteiger partial charge < -0.3 is 29.9 Å². The average Bonchev–Trinajstić information content (AvgIpc) is 3.04. The van der Waals surface area contributed by atoms with Gasteiger partial charge in [0.15, 0.2) is 18.5 Å². The Kier molecular flexibility index (Phi) is 11.2. The van der Waals surface area contributed by atoms with Crippen molar-refractivity contribution in [2.75, 3.05) is 13.7 Å². The van der Waals surface area contributed by atoms with Gasteiger partial charge in [0, 0.05) is 18.6 Å². The average molecular weight is 625 g/mol. The van der Waals surface area contributed by atoms with Gasteiger partial charge in [-0.05, 0) is 30.0 Å². The zero-order valence-electron chi connectivity index (χ0n) is 24.2. The molecule has 0 radical (unpaired) electrons. The summed E-state index contributed by atoms with van der Waals surface area (Å²) in [5.41, 5.74) is 6.20. The molecule has 0 bridgehead atoms. The number of pyridine rings is 1. The van der Waals surface area contributed by atoms with Crippen molar-refractivity contribution in [3.05, 3.63) is 108 Å². The number of hydrogen-bond donors (Lipinski definition) is 4. The quantitative estimate of drug-likeness (QED) is 0.0876. The molecule has 12 nitrogen and oxygen atoms in total. The molecule has 0 fully saturated rings. The minimum absolute atomic E-state index is 0.00544. The Balaban J connectivity index is 1.53. The lowest BCUT2D eigenvalue weighted by Crippen LogP contribution is -2.51. The molecule has 5 N–H and O–H groups in total. The van der Waals surface area contributed by atoms with Crippen molar-refractivity contribution in [2.45, 2.75) is 38.0 Å². The molecule has 4 aromatic rings. The number of fused-ring (bicyclic) bond motifs is 1. The second-order valence-electron chi connectivity index (χ2n) is 9.89. The molecule has 0 aliphatic rings. The van der Waals surface area contributed by atoms with Crippen LogP contribution in [0, 0.1) is 0 Å². The molecule has 1 aromatic heterocycles. The molecule has 4 rings (SSSR count). The van der Waals surface area contributed by atoms with E-state index in [0.717, 1.165) is 10.9 Å². The van der Waals surface area contributed by atoms with Crippen LogP contribution in [0.2, 0.25) is 0 Å². The number of amides is 1. The van der Waals surface area contributed by atoms with E-state index >= 15 is 0 Å². The molecule has 13 heteroatoms. The Morgan fingerprint density at radius 1 is 0.977 bits per heavy atom. The topological polar surface area (TPSA) is 171 Å². The van der Waals surface area contributed by atoms with Gasteiger partial charge in [0.25, 0.3) is 12.1 Å². The van der Waals surface area contributed by atoms with Crippen LogP contribution in [0.4, 0.5) is 0 Å². The summed E-state index contributed by atoms with van der Waals surface area (Å²) in [6.07, 6.45) is -1.76. The minimum Gasteiger partial charge on any atom is -0.460 e. The minimum atomic E-state index is -4.37. The van der Waals surface area contributed by atoms with Gasteiger partial charge in [-0.3, -0.25) is 14.1 Å². The highest BCUT2D eigenvalue weighted by Gasteiger charge is 2.38. The zero-order valence-corrected chi connectivity index (χ0v) is 25.1. The third-order valence-corrected chi connectivity index (χ3v) is 8.34. The van der Waals surface area contributed by atoms with Gasteiger partial charge in [0.1, 0.15) is 30.1 Å². The van der Waals surface area contributed by atoms with E-state index in [9.17, 15) is 24.4 Å². The van der Waals surface area contributed by atoms with Crippen molar-refractivity contribution < 1.29 is 47.5 Å². The summed E-state index contributed by atoms with van der Waals surface area (Å²) >= 11 is 0. The van der Waals surface area contributed by atoms with Crippen molar-refractivity contribution in [1.29, 1.82) is 0 Å². The molecule has 0 saturated carbocycles. The van der Waals surface area contributed by atoms with Crippen LogP contribution >= 0.6 is 7.75 Å². The summed E-state index contributed by atoms with van der Waals surface area (Å²) < 4.78 is 37.7. The highest BCUT2D eigenvalue weighted by atomic mass is 31.2. The molecule has 1 amide bonds. The van der Waals surface area contributed by atoms with Crippen LogP contribution in [0.3, 0.4) is 0 Å². The predicted molar refractivity (Wildman–Crippen MR) is 160 cm³/mol. The molecule has 0 aliphatic heterocycles. The molecule has 0 spiro atoms. The summed E-state index contributed by atoms with van der Waals surface area (Å²) in [4.78, 5) is 24.4. The Labute approximate surface area is 254 Å². The number of benzene rings is 3. The largest absolute Gasteiger partial charge is 0.460 e. The maximum absolute atomic E-state index is 14.2. The summed E-state index contributed by atoms with van der Waals surface area (Å²) in [6, 6.07) is 23.3. The number of nitrogens with two attached hydrogens (primary N) is 1. The van der Waals surface area contributed by atoms with Crippen LogP contribution in [0.1, 0.15) is 29.1 Å². The molecule has 232 valence electrons. The van der Waals surface area contributed by atoms with Crippen LogP contribution < -0.4 is 19.9 Å². The number of carbonyl (C=O) groups excluding carboxylic acids is 2. The standard InChI is InChI=1S/C31H34N3O9P/c1-21(31(38)41-19-22-10-4-3-5-11-22)33-44(39,43-26-16-8-13-23-12-6-7-15-25(23)26)42-20-27(40-2)28(35)30(37)34-17-9-14-24(18-34)29(32)36/h3-18,21,27-28,30,35,37H,19-20H2,1-2H3,(H2-,32,33,36,39)/p+1/t21?,27?,28-,30-,44?/m1/s1. The maximum atomic E-state index is 14.2. The molecule has 0 aliphatic carbocycles. The van der Waals surface area contributed by atoms with Gasteiger partial charge in [0.2, 0.25) is 0 Å². The number of primary amides is 1. The molecular weight excluding hydrogens is 589 g/mol. The SMILES string of the molecule is COC(COP(=O)(NC(C)C(=O)OCc1ccccc1)Oc1cccc2ccccc12)[C@@H](O)[C@@H](O)[n+]1cccc(C(N)=O)c1. The Morgan fingerprint density at radius 3 is 2.41 bits per heavy atom. The number of nitrogens with zero attached hydrogens (tertiary/aromatic N) is 1. The number of ether oxygens (including phenoxy) is 2. The molecular formula is C31H35N3O9P+. The zero-order chi connectivity index (χ0) is 31.7. The number of aliphatic hydroxyl groups excluding tert-OH is 2. The van der Waals surface area contributed by atoms with Gasteiger partial charge in [0.05, 0.1) is 6.61 Å². The van der Waals surface area contributed by atoms with Gasteiger partial charge in [-0.2, -0.15) is 9.65 Å². The summed E-state index contributed by atoms with van der Waals surface area (Å²) in [6.45, 7) is 0.918. The number of aliphatic hydroxyl groups is 2. The van der Waals surface area contributed by atoms with Gasteiger partial charge in [-0.15, -0.1) is 0 Å². The molecule has 5 atom stereocenters. The lowest BCUT2D eigenvalue weighted by Gasteiger charge is -2.27. The number of hydrogen-bond acceptors (Lipinski definition) is 9. The first-order chi connectivity index (χ1) is 21.1. The molecule has 44 heavy (non-hydrogen) atoms. The first-order valence-corrected chi connectivity index (χ1v) is 15.2. The van der Waals surface area contributed by atoms with Crippen LogP contribution in [0.25, 0.3) is 10.8 Å². The van der Waals surface area contributed by atoms with E-state index in [1.807, 2.05) is 36.4 Å². The van der Waals surface area contributed by atoms with Crippen molar-refractivity contribution in [3.8, 4) is 5.75 Å². The van der Waals surface area contributed by atoms with E-state index < -0.39 is 50.7 Å². The fourth-order valence-corrected chi connectivity index (χ4v) is 5.81. The summed E-state index contributed by atoms with van der Waals surface area (Å²) in [7, 11) is -3.11. The van der Waals surface area contributed by atoms with Gasteiger partial charge in [-0.1, -0.05) is 66.7 Å². The Morgan fingerprint density at radius 2 is 1.68 bits per heavy atom. The van der Waals surface area contributed by atoms with E-state index in [4.69, 9.17) is 24.3 Å². The fourth-order valence-electron chi connectivity index (χ4n) is 4.29. The monoisotopic (exact) mass is 624 g/mol. The van der Waals surface area contributed by atoms with Gasteiger partial charge >= 0.3 is 13.7 Å². The summed E-state index contributed by atoms with van der Waals surface area (Å²) in [5.74, 6) is -1.21. The second-order valence-corrected chi connectivity index (χ2v) is 11.6. The number of methoxy groups -OCH3 is 1. The lowest BCUT2D eigenvalue weighted by molar-refractivity contribution is -0.769. The van der Waals surface area contributed by atoms with Crippen LogP contribution in [0.15, 0.2) is 97.3 Å². The van der Waals surface area contributed by atoms with E-state index in [-0.39, 0.29) is 17.9 Å². The Hall–Kier alpha value is -4.16. The molecule has 1 heterocycles. The van der Waals surface area contributed by atoms with Crippen LogP contribution in [-0.2, 0) is 30.0 Å². The van der Waals surface area contributed by atoms with E-state index in [1.54, 1.807) is 36.4 Å². The number of aromatic nitrogens is 1. The number of carbonyl (C=O) groups is 2. The van der Waals surface area contributed by atoms with E-state index in [1.165, 1.54) is 43.1 Å². The van der Waals surface area contributed by atoms with Gasteiger partial charge in [-0.25, -0.2) is 4.57 Å². The summed E-state index contributed by atoms with van der Waals surface area (Å²) in [5, 5.41) is 25.8. The highest BCUT2D eigenvalue weighted by Crippen LogP contribution is 2.47. The maximum Gasteiger partial charge on any atom is 0.459 e. The third kappa shape index (κ3) is 8.48. The number of rotatable bonds is 15. The number of nitrogens with one attached hydrogen (secondary N) is 1. The third-order valence-electron chi connectivity index (χ3n) is 6.71. The first-order valence-electron chi connectivity index (χ1n) is 13.7. The smallest absolute Gasteiger partial charge is 0.459 e. The molecule has 3 aromatic carbocycles. The van der Waals surface area contributed by atoms with Crippen molar-refractivity contribution in [1.82, 2.24) is 5.09 Å². The number of esters is 1. The molecule has 3 unspecified atom stereocenters. The lowest BCUT2D eigenvalue weighted by atomic mass is 10.1.